The topological polar surface area (TPSA) is 83.7 Å². The van der Waals surface area contributed by atoms with E-state index < -0.39 is 6.23 Å². The Labute approximate surface area is 156 Å². The van der Waals surface area contributed by atoms with Crippen molar-refractivity contribution in [1.82, 2.24) is 19.9 Å². The Hall–Kier alpha value is -2.71. The first kappa shape index (κ1) is 17.7. The summed E-state index contributed by atoms with van der Waals surface area (Å²) >= 11 is 0. The molecule has 27 heavy (non-hydrogen) atoms. The maximum Gasteiger partial charge on any atom is 0.160 e. The molecule has 1 aliphatic rings. The Bertz CT molecular complexity index is 960. The number of nitrogens with zero attached hydrogens (tertiary/aromatic N) is 3. The van der Waals surface area contributed by atoms with Gasteiger partial charge in [0.05, 0.1) is 12.2 Å². The monoisotopic (exact) mass is 371 g/mol. The molecule has 3 heterocycles. The summed E-state index contributed by atoms with van der Waals surface area (Å²) in [7, 11) is 0. The zero-order valence-electron chi connectivity index (χ0n) is 15.2. The number of hydrogen-bond donors (Lipinski definition) is 3. The largest absolute Gasteiger partial charge is 0.489 e. The molecule has 3 atom stereocenters. The van der Waals surface area contributed by atoms with Gasteiger partial charge in [-0.1, -0.05) is 0 Å². The number of ether oxygens (including phenoxy) is 1. The molecular formula is C19H22FN5O2. The normalized spacial score (nSPS) is 23.3. The lowest BCUT2D eigenvalue weighted by atomic mass is 10.1. The molecule has 1 aliphatic heterocycles. The van der Waals surface area contributed by atoms with Crippen LogP contribution >= 0.6 is 0 Å². The fourth-order valence-corrected chi connectivity index (χ4v) is 3.25. The van der Waals surface area contributed by atoms with E-state index in [1.54, 1.807) is 23.0 Å². The van der Waals surface area contributed by atoms with Gasteiger partial charge in [0.15, 0.2) is 5.65 Å². The van der Waals surface area contributed by atoms with Crippen LogP contribution in [0, 0.1) is 5.82 Å². The molecule has 0 saturated heterocycles. The minimum absolute atomic E-state index is 0.206. The summed E-state index contributed by atoms with van der Waals surface area (Å²) in [5, 5.41) is 21.0. The Morgan fingerprint density at radius 3 is 3.00 bits per heavy atom. The van der Waals surface area contributed by atoms with Gasteiger partial charge in [0, 0.05) is 30.3 Å². The smallest absolute Gasteiger partial charge is 0.160 e. The minimum atomic E-state index is -0.753. The van der Waals surface area contributed by atoms with Gasteiger partial charge in [-0.05, 0) is 38.1 Å². The Morgan fingerprint density at radius 1 is 1.30 bits per heavy atom. The highest BCUT2D eigenvalue weighted by atomic mass is 19.1. The molecule has 8 heteroatoms. The third kappa shape index (κ3) is 3.72. The number of aromatic nitrogens is 3. The lowest BCUT2D eigenvalue weighted by molar-refractivity contribution is 0.115. The Morgan fingerprint density at radius 2 is 2.15 bits per heavy atom. The number of benzene rings is 1. The third-order valence-electron chi connectivity index (χ3n) is 4.63. The molecule has 3 N–H and O–H groups in total. The lowest BCUT2D eigenvalue weighted by Crippen LogP contribution is -2.38. The molecule has 4 rings (SSSR count). The van der Waals surface area contributed by atoms with E-state index in [9.17, 15) is 9.50 Å². The summed E-state index contributed by atoms with van der Waals surface area (Å²) in [5.74, 6) is 0.915. The molecule has 0 amide bonds. The number of fused-ring (bicyclic) bond motifs is 2. The number of aliphatic hydroxyl groups excluding tert-OH is 1. The number of halogens is 1. The third-order valence-corrected chi connectivity index (χ3v) is 4.63. The zero-order chi connectivity index (χ0) is 19.0. The maximum absolute atomic E-state index is 13.9. The van der Waals surface area contributed by atoms with Gasteiger partial charge in [-0.25, -0.2) is 13.9 Å². The second-order valence-electron chi connectivity index (χ2n) is 6.86. The quantitative estimate of drug-likeness (QED) is 0.562. The number of hydrogen-bond acceptors (Lipinski definition) is 6. The van der Waals surface area contributed by atoms with Gasteiger partial charge in [-0.15, -0.1) is 0 Å². The van der Waals surface area contributed by atoms with Crippen LogP contribution in [-0.4, -0.2) is 38.6 Å². The van der Waals surface area contributed by atoms with E-state index >= 15 is 0 Å². The van der Waals surface area contributed by atoms with Gasteiger partial charge in [-0.3, -0.25) is 5.32 Å². The second-order valence-corrected chi connectivity index (χ2v) is 6.86. The highest BCUT2D eigenvalue weighted by molar-refractivity contribution is 5.53. The number of rotatable bonds is 0. The van der Waals surface area contributed by atoms with Crippen molar-refractivity contribution >= 4 is 11.5 Å². The van der Waals surface area contributed by atoms with Gasteiger partial charge >= 0.3 is 0 Å². The molecule has 1 aromatic carbocycles. The van der Waals surface area contributed by atoms with Crippen LogP contribution < -0.4 is 15.4 Å². The molecule has 0 fully saturated rings. The van der Waals surface area contributed by atoms with Crippen LogP contribution in [0.2, 0.25) is 0 Å². The van der Waals surface area contributed by atoms with Crippen molar-refractivity contribution in [3.05, 3.63) is 53.6 Å². The van der Waals surface area contributed by atoms with E-state index in [0.29, 0.717) is 35.7 Å². The second kappa shape index (κ2) is 7.13. The van der Waals surface area contributed by atoms with E-state index in [2.05, 4.69) is 20.7 Å². The summed E-state index contributed by atoms with van der Waals surface area (Å²) in [4.78, 5) is 4.61. The fraction of sp³-hybridized carbons (Fsp3) is 0.368. The molecule has 0 saturated carbocycles. The average molecular weight is 371 g/mol. The van der Waals surface area contributed by atoms with Crippen molar-refractivity contribution in [3.8, 4) is 5.75 Å². The van der Waals surface area contributed by atoms with Crippen molar-refractivity contribution in [3.63, 3.8) is 0 Å². The van der Waals surface area contributed by atoms with Gasteiger partial charge in [0.25, 0.3) is 0 Å². The molecule has 0 radical (unpaired) electrons. The van der Waals surface area contributed by atoms with Crippen LogP contribution in [0.5, 0.6) is 5.75 Å². The van der Waals surface area contributed by atoms with E-state index in [-0.39, 0.29) is 18.0 Å². The van der Waals surface area contributed by atoms with Gasteiger partial charge in [-0.2, -0.15) is 5.10 Å². The summed E-state index contributed by atoms with van der Waals surface area (Å²) in [5.41, 5.74) is 2.21. The van der Waals surface area contributed by atoms with Crippen LogP contribution in [0.3, 0.4) is 0 Å². The van der Waals surface area contributed by atoms with Crippen LogP contribution in [0.1, 0.15) is 31.0 Å². The van der Waals surface area contributed by atoms with Gasteiger partial charge in [0.1, 0.15) is 29.7 Å². The first-order valence-electron chi connectivity index (χ1n) is 8.97. The minimum Gasteiger partial charge on any atom is -0.489 e. The highest BCUT2D eigenvalue weighted by Gasteiger charge is 2.19. The molecule has 1 unspecified atom stereocenters. The Kier molecular flexibility index (Phi) is 4.67. The van der Waals surface area contributed by atoms with Crippen molar-refractivity contribution in [1.29, 1.82) is 0 Å². The average Bonchev–Trinajstić information content (AvgIpc) is 3.03. The van der Waals surface area contributed by atoms with E-state index in [1.807, 2.05) is 19.9 Å². The van der Waals surface area contributed by atoms with Crippen LogP contribution in [0.15, 0.2) is 36.7 Å². The SMILES string of the molecule is C[C@H]1CNC(O)Cc2cnn3ccc(nc23)N[C@H](C)c2cc(F)ccc2O1. The zero-order valence-corrected chi connectivity index (χ0v) is 15.2. The van der Waals surface area contributed by atoms with Crippen molar-refractivity contribution in [2.24, 2.45) is 0 Å². The fourth-order valence-electron chi connectivity index (χ4n) is 3.25. The molecule has 2 bridgehead atoms. The van der Waals surface area contributed by atoms with E-state index in [0.717, 1.165) is 5.56 Å². The lowest BCUT2D eigenvalue weighted by Gasteiger charge is -2.23. The van der Waals surface area contributed by atoms with Gasteiger partial charge in [0.2, 0.25) is 0 Å². The van der Waals surface area contributed by atoms with Crippen molar-refractivity contribution < 1.29 is 14.2 Å². The number of nitrogens with one attached hydrogen (secondary N) is 2. The van der Waals surface area contributed by atoms with E-state index in [4.69, 9.17) is 4.74 Å². The number of aliphatic hydroxyl groups is 1. The molecular weight excluding hydrogens is 349 g/mol. The molecule has 2 aromatic heterocycles. The van der Waals surface area contributed by atoms with Crippen molar-refractivity contribution in [2.75, 3.05) is 11.9 Å². The Balaban J connectivity index is 1.77. The predicted molar refractivity (Wildman–Crippen MR) is 99.2 cm³/mol. The molecule has 7 nitrogen and oxygen atoms in total. The first-order chi connectivity index (χ1) is 13.0. The molecule has 3 aromatic rings. The maximum atomic E-state index is 13.9. The molecule has 0 spiro atoms. The van der Waals surface area contributed by atoms with Crippen LogP contribution in [0.25, 0.3) is 5.65 Å². The number of anilines is 1. The van der Waals surface area contributed by atoms with Crippen LogP contribution in [-0.2, 0) is 6.42 Å². The summed E-state index contributed by atoms with van der Waals surface area (Å²) in [6, 6.07) is 6.07. The summed E-state index contributed by atoms with van der Waals surface area (Å²) in [6.07, 6.45) is 2.93. The first-order valence-corrected chi connectivity index (χ1v) is 8.97. The van der Waals surface area contributed by atoms with Crippen LogP contribution in [0.4, 0.5) is 10.2 Å². The standard InChI is InChI=1S/C19H22FN5O2/c1-11-9-21-18(26)7-13-10-22-25-6-5-17(24-19(13)25)23-12(2)15-8-14(20)3-4-16(15)27-11/h3-6,8,10-12,18,21,26H,7,9H2,1-2H3,(H,23,24)/t11-,12+,18?/m0/s1. The van der Waals surface area contributed by atoms with Gasteiger partial charge < -0.3 is 15.2 Å². The van der Waals surface area contributed by atoms with E-state index in [1.165, 1.54) is 12.1 Å². The van der Waals surface area contributed by atoms with Crippen molar-refractivity contribution in [2.45, 2.75) is 38.6 Å². The predicted octanol–water partition coefficient (Wildman–Crippen LogP) is 2.27. The molecule has 142 valence electrons. The summed E-state index contributed by atoms with van der Waals surface area (Å²) in [6.45, 7) is 4.28. The molecule has 0 aliphatic carbocycles. The summed E-state index contributed by atoms with van der Waals surface area (Å²) < 4.78 is 21.5. The highest BCUT2D eigenvalue weighted by Crippen LogP contribution is 2.29.